The Kier molecular flexibility index (Phi) is 5.35. The molecule has 0 aliphatic rings. The van der Waals surface area contributed by atoms with E-state index in [1.54, 1.807) is 48.5 Å². The van der Waals surface area contributed by atoms with Crippen molar-refractivity contribution in [2.24, 2.45) is 23.4 Å². The van der Waals surface area contributed by atoms with Gasteiger partial charge in [-0.1, -0.05) is 24.3 Å². The second kappa shape index (κ2) is 8.41. The zero-order valence-corrected chi connectivity index (χ0v) is 18.6. The fraction of sp³-hybridized carbons (Fsp3) is 0. The molecule has 12 nitrogen and oxygen atoms in total. The summed E-state index contributed by atoms with van der Waals surface area (Å²) in [5.41, 5.74) is 9.14. The van der Waals surface area contributed by atoms with E-state index in [2.05, 4.69) is 21.7 Å². The van der Waals surface area contributed by atoms with E-state index in [-0.39, 0.29) is 22.3 Å². The normalized spacial score (nSPS) is 11.2. The lowest BCUT2D eigenvalue weighted by molar-refractivity contribution is 0.0942. The molecule has 0 aromatic heterocycles. The number of hydrogen-bond acceptors (Lipinski definition) is 8. The minimum absolute atomic E-state index is 0.176. The number of carbonyl (C=O) groups excluding carboxylic acids is 4. The van der Waals surface area contributed by atoms with Crippen LogP contribution in [-0.4, -0.2) is 23.6 Å². The second-order valence-corrected chi connectivity index (χ2v) is 8.04. The smallest absolute Gasteiger partial charge is 0.265 e. The Balaban J connectivity index is 2.09. The Morgan fingerprint density at radius 3 is 0.806 bits per heavy atom. The summed E-state index contributed by atoms with van der Waals surface area (Å²) in [5, 5.41) is 4.59. The number of benzene rings is 5. The first-order valence-corrected chi connectivity index (χ1v) is 10.6. The van der Waals surface area contributed by atoms with Crippen molar-refractivity contribution in [1.82, 2.24) is 21.7 Å². The second-order valence-electron chi connectivity index (χ2n) is 8.04. The summed E-state index contributed by atoms with van der Waals surface area (Å²) in [5.74, 6) is 19.3. The molecule has 36 heavy (non-hydrogen) atoms. The van der Waals surface area contributed by atoms with Gasteiger partial charge in [-0.15, -0.1) is 0 Å². The van der Waals surface area contributed by atoms with Gasteiger partial charge in [0.15, 0.2) is 0 Å². The van der Waals surface area contributed by atoms with Crippen LogP contribution < -0.4 is 45.1 Å². The molecule has 0 radical (unpaired) electrons. The summed E-state index contributed by atoms with van der Waals surface area (Å²) in [6, 6.07) is 13.1. The van der Waals surface area contributed by atoms with Crippen LogP contribution in [0.25, 0.3) is 43.1 Å². The molecule has 0 aliphatic carbocycles. The number of nitrogen functional groups attached to an aromatic ring is 4. The standard InChI is InChI=1S/C24H20N8O4/c25-29-21(33)13-5-1-9-10-2-6-15(23(35)31-27)20-16(24(36)32-28)8-4-12(18(10)20)11-3-7-14(22(34)30-26)19(13)17(9)11/h1-8H,25-28H2,(H,29,33)(H,30,34)(H,31,35)(H,32,36). The van der Waals surface area contributed by atoms with Gasteiger partial charge < -0.3 is 0 Å². The summed E-state index contributed by atoms with van der Waals surface area (Å²) >= 11 is 0. The Morgan fingerprint density at radius 1 is 0.389 bits per heavy atom. The minimum atomic E-state index is -0.592. The maximum atomic E-state index is 12.6. The molecular weight excluding hydrogens is 464 g/mol. The van der Waals surface area contributed by atoms with Crippen LogP contribution >= 0.6 is 0 Å². The van der Waals surface area contributed by atoms with Gasteiger partial charge in [-0.2, -0.15) is 0 Å². The number of nitrogens with one attached hydrogen (secondary N) is 4. The van der Waals surface area contributed by atoms with Gasteiger partial charge in [0, 0.05) is 33.0 Å². The van der Waals surface area contributed by atoms with Crippen LogP contribution in [-0.2, 0) is 0 Å². The van der Waals surface area contributed by atoms with E-state index in [1.165, 1.54) is 0 Å². The van der Waals surface area contributed by atoms with Crippen molar-refractivity contribution in [1.29, 1.82) is 0 Å². The third-order valence-corrected chi connectivity index (χ3v) is 6.40. The van der Waals surface area contributed by atoms with E-state index in [4.69, 9.17) is 23.4 Å². The Bertz CT molecular complexity index is 1520. The summed E-state index contributed by atoms with van der Waals surface area (Å²) in [7, 11) is 0. The number of hydrazine groups is 4. The number of amides is 4. The number of nitrogens with two attached hydrogens (primary N) is 4. The molecule has 180 valence electrons. The first kappa shape index (κ1) is 22.9. The maximum absolute atomic E-state index is 12.6. The van der Waals surface area contributed by atoms with Gasteiger partial charge in [0.2, 0.25) is 0 Å². The van der Waals surface area contributed by atoms with Crippen molar-refractivity contribution in [2.45, 2.75) is 0 Å². The van der Waals surface area contributed by atoms with E-state index in [0.717, 1.165) is 0 Å². The van der Waals surface area contributed by atoms with Gasteiger partial charge in [-0.05, 0) is 56.6 Å². The molecular formula is C24H20N8O4. The van der Waals surface area contributed by atoms with Crippen LogP contribution in [0.2, 0.25) is 0 Å². The largest absolute Gasteiger partial charge is 0.290 e. The first-order chi connectivity index (χ1) is 17.4. The highest BCUT2D eigenvalue weighted by Gasteiger charge is 2.25. The van der Waals surface area contributed by atoms with Gasteiger partial charge in [0.05, 0.1) is 0 Å². The molecule has 12 heteroatoms. The van der Waals surface area contributed by atoms with Crippen LogP contribution in [0.15, 0.2) is 48.5 Å². The molecule has 0 atom stereocenters. The van der Waals surface area contributed by atoms with E-state index in [1.807, 2.05) is 0 Å². The van der Waals surface area contributed by atoms with Gasteiger partial charge in [0.1, 0.15) is 0 Å². The summed E-state index contributed by atoms with van der Waals surface area (Å²) in [4.78, 5) is 50.6. The average Bonchev–Trinajstić information content (AvgIpc) is 2.93. The molecule has 5 aromatic carbocycles. The zero-order chi connectivity index (χ0) is 25.7. The molecule has 0 aliphatic heterocycles. The molecule has 0 spiro atoms. The molecule has 4 amide bonds. The summed E-state index contributed by atoms with van der Waals surface area (Å²) in [6.45, 7) is 0. The predicted octanol–water partition coefficient (Wildman–Crippen LogP) is 0.151. The molecule has 5 aromatic rings. The average molecular weight is 484 g/mol. The first-order valence-electron chi connectivity index (χ1n) is 10.6. The predicted molar refractivity (Wildman–Crippen MR) is 134 cm³/mol. The Labute approximate surface area is 202 Å². The maximum Gasteiger partial charge on any atom is 0.265 e. The molecule has 12 N–H and O–H groups in total. The van der Waals surface area contributed by atoms with Crippen molar-refractivity contribution >= 4 is 66.7 Å². The molecule has 0 fully saturated rings. The molecule has 0 bridgehead atoms. The van der Waals surface area contributed by atoms with Crippen molar-refractivity contribution in [2.75, 3.05) is 0 Å². The highest BCUT2D eigenvalue weighted by Crippen LogP contribution is 2.43. The van der Waals surface area contributed by atoms with Crippen molar-refractivity contribution in [3.05, 3.63) is 70.8 Å². The zero-order valence-electron chi connectivity index (χ0n) is 18.6. The lowest BCUT2D eigenvalue weighted by Gasteiger charge is -2.20. The van der Waals surface area contributed by atoms with Gasteiger partial charge in [-0.3, -0.25) is 40.9 Å². The van der Waals surface area contributed by atoms with Crippen LogP contribution in [0.4, 0.5) is 0 Å². The molecule has 0 unspecified atom stereocenters. The van der Waals surface area contributed by atoms with Gasteiger partial charge in [0.25, 0.3) is 23.6 Å². The molecule has 0 saturated carbocycles. The highest BCUT2D eigenvalue weighted by molar-refractivity contribution is 6.38. The molecule has 0 saturated heterocycles. The fourth-order valence-electron chi connectivity index (χ4n) is 4.96. The third-order valence-electron chi connectivity index (χ3n) is 6.40. The monoisotopic (exact) mass is 484 g/mol. The van der Waals surface area contributed by atoms with E-state index >= 15 is 0 Å². The van der Waals surface area contributed by atoms with Crippen LogP contribution in [0.3, 0.4) is 0 Å². The number of carbonyl (C=O) groups is 4. The quantitative estimate of drug-likeness (QED) is 0.0575. The van der Waals surface area contributed by atoms with Crippen molar-refractivity contribution < 1.29 is 19.2 Å². The Morgan fingerprint density at radius 2 is 0.611 bits per heavy atom. The summed E-state index contributed by atoms with van der Waals surface area (Å²) in [6.07, 6.45) is 0. The molecule has 5 rings (SSSR count). The van der Waals surface area contributed by atoms with Crippen molar-refractivity contribution in [3.8, 4) is 0 Å². The van der Waals surface area contributed by atoms with E-state index in [9.17, 15) is 19.2 Å². The van der Waals surface area contributed by atoms with Crippen LogP contribution in [0, 0.1) is 0 Å². The lowest BCUT2D eigenvalue weighted by Crippen LogP contribution is -2.32. The third kappa shape index (κ3) is 3.03. The van der Waals surface area contributed by atoms with Gasteiger partial charge >= 0.3 is 0 Å². The topological polar surface area (TPSA) is 220 Å². The van der Waals surface area contributed by atoms with Gasteiger partial charge in [-0.25, -0.2) is 23.4 Å². The lowest BCUT2D eigenvalue weighted by atomic mass is 9.84. The van der Waals surface area contributed by atoms with E-state index < -0.39 is 23.6 Å². The van der Waals surface area contributed by atoms with Crippen LogP contribution in [0.5, 0.6) is 0 Å². The van der Waals surface area contributed by atoms with Crippen molar-refractivity contribution in [3.63, 3.8) is 0 Å². The SMILES string of the molecule is NNC(=O)c1ccc2c3ccc(C(=O)NN)c4c(C(=O)NN)ccc(c5ccc(C(=O)NN)c1c25)c43. The number of hydrogen-bond donors (Lipinski definition) is 8. The summed E-state index contributed by atoms with van der Waals surface area (Å²) < 4.78 is 0. The van der Waals surface area contributed by atoms with Crippen LogP contribution in [0.1, 0.15) is 41.4 Å². The highest BCUT2D eigenvalue weighted by atomic mass is 16.2. The minimum Gasteiger partial charge on any atom is -0.290 e. The Hall–Kier alpha value is -4.88. The van der Waals surface area contributed by atoms with E-state index in [0.29, 0.717) is 43.1 Å². The fourth-order valence-corrected chi connectivity index (χ4v) is 4.96. The number of rotatable bonds is 4. The number of fused-ring (bicyclic) bond motifs is 2. The molecule has 0 heterocycles.